The molecule has 1 fully saturated rings. The highest BCUT2D eigenvalue weighted by atomic mass is 19.4. The fourth-order valence-electron chi connectivity index (χ4n) is 3.63. The van der Waals surface area contributed by atoms with Crippen LogP contribution in [0.2, 0.25) is 0 Å². The summed E-state index contributed by atoms with van der Waals surface area (Å²) >= 11 is 0. The molecule has 2 aromatic carbocycles. The molecule has 0 atom stereocenters. The number of halogens is 8. The number of hydrogen-bond acceptors (Lipinski definition) is 4. The van der Waals surface area contributed by atoms with Crippen molar-refractivity contribution in [1.29, 1.82) is 0 Å². The molecule has 0 saturated carbocycles. The lowest BCUT2D eigenvalue weighted by molar-refractivity contribution is -0.286. The Hall–Kier alpha value is -3.91. The summed E-state index contributed by atoms with van der Waals surface area (Å²) in [5.41, 5.74) is -1.91. The Bertz CT molecular complexity index is 1350. The lowest BCUT2D eigenvalue weighted by atomic mass is 10.1. The fourth-order valence-corrected chi connectivity index (χ4v) is 3.63. The Morgan fingerprint density at radius 2 is 1.76 bits per heavy atom. The molecule has 7 nitrogen and oxygen atoms in total. The van der Waals surface area contributed by atoms with Gasteiger partial charge in [-0.15, -0.1) is 0 Å². The Morgan fingerprint density at radius 1 is 1.03 bits per heavy atom. The van der Waals surface area contributed by atoms with E-state index >= 15 is 0 Å². The molecule has 0 radical (unpaired) electrons. The van der Waals surface area contributed by atoms with Crippen molar-refractivity contribution in [3.05, 3.63) is 53.6 Å². The molecule has 1 saturated heterocycles. The normalized spacial score (nSPS) is 15.1. The highest BCUT2D eigenvalue weighted by molar-refractivity contribution is 6.04. The van der Waals surface area contributed by atoms with Crippen molar-refractivity contribution in [3.8, 4) is 0 Å². The second-order valence-corrected chi connectivity index (χ2v) is 8.05. The molecule has 4 rings (SSSR count). The molecule has 3 aromatic rings. The molecule has 198 valence electrons. The third-order valence-corrected chi connectivity index (χ3v) is 5.46. The van der Waals surface area contributed by atoms with Crippen LogP contribution in [0.1, 0.15) is 22.3 Å². The number of carbonyl (C=O) groups excluding carboxylic acids is 2. The Morgan fingerprint density at radius 3 is 2.41 bits per heavy atom. The predicted octanol–water partition coefficient (Wildman–Crippen LogP) is 5.85. The zero-order valence-corrected chi connectivity index (χ0v) is 18.5. The number of benzene rings is 2. The molecule has 0 spiro atoms. The van der Waals surface area contributed by atoms with Crippen LogP contribution in [0.15, 0.2) is 42.5 Å². The number of carbonyl (C=O) groups is 2. The third kappa shape index (κ3) is 5.29. The number of hydrogen-bond donors (Lipinski definition) is 1. The summed E-state index contributed by atoms with van der Waals surface area (Å²) in [6, 6.07) is 6.76. The minimum absolute atomic E-state index is 0.159. The lowest BCUT2D eigenvalue weighted by Gasteiger charge is -2.26. The van der Waals surface area contributed by atoms with Gasteiger partial charge < -0.3 is 9.30 Å². The monoisotopic (exact) mass is 536 g/mol. The number of cyclic esters (lactones) is 1. The van der Waals surface area contributed by atoms with Crippen LogP contribution < -0.4 is 10.2 Å². The summed E-state index contributed by atoms with van der Waals surface area (Å²) in [5, 5.41) is 2.02. The number of aromatic nitrogens is 2. The number of imidazole rings is 1. The number of ether oxygens (including phenoxy) is 1. The van der Waals surface area contributed by atoms with E-state index in [1.807, 2.05) is 5.32 Å². The van der Waals surface area contributed by atoms with Crippen LogP contribution in [0.3, 0.4) is 0 Å². The van der Waals surface area contributed by atoms with E-state index in [1.54, 1.807) is 0 Å². The smallest absolute Gasteiger partial charge is 0.449 e. The summed E-state index contributed by atoms with van der Waals surface area (Å²) in [6.07, 6.45) is -11.0. The predicted molar refractivity (Wildman–Crippen MR) is 113 cm³/mol. The van der Waals surface area contributed by atoms with E-state index < -0.39 is 53.9 Å². The van der Waals surface area contributed by atoms with Gasteiger partial charge in [0, 0.05) is 17.8 Å². The van der Waals surface area contributed by atoms with Crippen LogP contribution in [0.4, 0.5) is 51.6 Å². The van der Waals surface area contributed by atoms with Gasteiger partial charge in [-0.3, -0.25) is 15.0 Å². The number of amides is 2. The van der Waals surface area contributed by atoms with Crippen LogP contribution in [-0.2, 0) is 17.5 Å². The van der Waals surface area contributed by atoms with Gasteiger partial charge in [0.1, 0.15) is 0 Å². The van der Waals surface area contributed by atoms with E-state index in [1.165, 1.54) is 17.0 Å². The number of alkyl halides is 8. The minimum Gasteiger partial charge on any atom is -0.449 e. The molecule has 15 heteroatoms. The highest BCUT2D eigenvalue weighted by Gasteiger charge is 2.58. The third-order valence-electron chi connectivity index (χ3n) is 5.46. The van der Waals surface area contributed by atoms with E-state index in [0.717, 1.165) is 18.2 Å². The van der Waals surface area contributed by atoms with Crippen molar-refractivity contribution < 1.29 is 49.4 Å². The maximum Gasteiger partial charge on any atom is 0.455 e. The largest absolute Gasteiger partial charge is 0.455 e. The van der Waals surface area contributed by atoms with Crippen molar-refractivity contribution in [2.75, 3.05) is 23.4 Å². The summed E-state index contributed by atoms with van der Waals surface area (Å²) < 4.78 is 111. The van der Waals surface area contributed by atoms with E-state index in [2.05, 4.69) is 4.98 Å². The molecule has 1 N–H and O–H groups in total. The first-order valence-electron chi connectivity index (χ1n) is 10.5. The lowest BCUT2D eigenvalue weighted by Crippen LogP contribution is -2.40. The van der Waals surface area contributed by atoms with Crippen LogP contribution >= 0.6 is 0 Å². The molecular formula is C22H16F8N4O3. The topological polar surface area (TPSA) is 76.5 Å². The van der Waals surface area contributed by atoms with E-state index in [-0.39, 0.29) is 29.9 Å². The number of rotatable bonds is 5. The summed E-state index contributed by atoms with van der Waals surface area (Å²) in [4.78, 5) is 29.8. The molecule has 0 unspecified atom stereocenters. The molecule has 37 heavy (non-hydrogen) atoms. The number of nitrogens with one attached hydrogen (secondary N) is 1. The van der Waals surface area contributed by atoms with E-state index in [4.69, 9.17) is 4.74 Å². The molecular weight excluding hydrogens is 520 g/mol. The van der Waals surface area contributed by atoms with Crippen LogP contribution in [0, 0.1) is 0 Å². The molecule has 0 aliphatic carbocycles. The molecule has 1 aromatic heterocycles. The average molecular weight is 536 g/mol. The molecule has 0 bridgehead atoms. The molecule has 1 aliphatic rings. The molecule has 1 aliphatic heterocycles. The van der Waals surface area contributed by atoms with Gasteiger partial charge in [-0.1, -0.05) is 6.07 Å². The SMILES string of the molecule is O=C(Nc1nc2cc(N3CCCOC3=O)ccc2n1CC(F)(F)C(F)(F)F)c1cccc(C(F)(F)F)c1. The van der Waals surface area contributed by atoms with Gasteiger partial charge in [0.05, 0.1) is 29.7 Å². The molecule has 2 heterocycles. The van der Waals surface area contributed by atoms with Crippen molar-refractivity contribution in [2.45, 2.75) is 31.2 Å². The van der Waals surface area contributed by atoms with Crippen molar-refractivity contribution in [3.63, 3.8) is 0 Å². The van der Waals surface area contributed by atoms with Crippen molar-refractivity contribution >= 4 is 34.7 Å². The first-order chi connectivity index (χ1) is 17.2. The molecule has 2 amide bonds. The number of anilines is 2. The zero-order chi connectivity index (χ0) is 27.2. The van der Waals surface area contributed by atoms with Crippen LogP contribution in [0.25, 0.3) is 11.0 Å². The Kier molecular flexibility index (Phi) is 6.50. The van der Waals surface area contributed by atoms with Crippen molar-refractivity contribution in [1.82, 2.24) is 9.55 Å². The summed E-state index contributed by atoms with van der Waals surface area (Å²) in [7, 11) is 0. The standard InChI is InChI=1S/C22H16F8N4O3/c23-20(24,22(28,29)30)11-34-16-6-5-14(33-7-2-8-37-19(33)36)10-15(16)31-18(34)32-17(35)12-3-1-4-13(9-12)21(25,26)27/h1,3-6,9-10H,2,7-8,11H2,(H,31,32,35). The van der Waals surface area contributed by atoms with Gasteiger partial charge in [0.15, 0.2) is 0 Å². The maximum absolute atomic E-state index is 14.0. The van der Waals surface area contributed by atoms with Gasteiger partial charge in [-0.05, 0) is 42.8 Å². The minimum atomic E-state index is -5.94. The van der Waals surface area contributed by atoms with Crippen LogP contribution in [0.5, 0.6) is 0 Å². The first kappa shape index (κ1) is 26.2. The number of nitrogens with zero attached hydrogens (tertiary/aromatic N) is 3. The second kappa shape index (κ2) is 9.19. The number of fused-ring (bicyclic) bond motifs is 1. The van der Waals surface area contributed by atoms with E-state index in [9.17, 15) is 44.7 Å². The highest BCUT2D eigenvalue weighted by Crippen LogP contribution is 2.39. The van der Waals surface area contributed by atoms with E-state index in [0.29, 0.717) is 23.1 Å². The van der Waals surface area contributed by atoms with Crippen LogP contribution in [-0.4, -0.2) is 46.8 Å². The summed E-state index contributed by atoms with van der Waals surface area (Å²) in [5.74, 6) is -7.23. The van der Waals surface area contributed by atoms with Gasteiger partial charge in [-0.2, -0.15) is 35.1 Å². The first-order valence-corrected chi connectivity index (χ1v) is 10.5. The quantitative estimate of drug-likeness (QED) is 0.415. The van der Waals surface area contributed by atoms with Gasteiger partial charge >= 0.3 is 24.4 Å². The fraction of sp³-hybridized carbons (Fsp3) is 0.318. The van der Waals surface area contributed by atoms with Gasteiger partial charge in [0.25, 0.3) is 5.91 Å². The maximum atomic E-state index is 14.0. The van der Waals surface area contributed by atoms with Gasteiger partial charge in [0.2, 0.25) is 5.95 Å². The zero-order valence-electron chi connectivity index (χ0n) is 18.5. The Labute approximate surface area is 202 Å². The van der Waals surface area contributed by atoms with Crippen molar-refractivity contribution in [2.24, 2.45) is 0 Å². The Balaban J connectivity index is 1.75. The average Bonchev–Trinajstić information content (AvgIpc) is 3.13. The summed E-state index contributed by atoms with van der Waals surface area (Å²) in [6.45, 7) is -1.54. The second-order valence-electron chi connectivity index (χ2n) is 8.05. The van der Waals surface area contributed by atoms with Gasteiger partial charge in [-0.25, -0.2) is 9.78 Å².